The first kappa shape index (κ1) is 25.2. The summed E-state index contributed by atoms with van der Waals surface area (Å²) in [6.07, 6.45) is 2.97. The number of aliphatic hydroxyl groups is 1. The number of sulfone groups is 1. The van der Waals surface area contributed by atoms with Crippen LogP contribution < -0.4 is 10.1 Å². The maximum Gasteiger partial charge on any atom is 0.280 e. The molecule has 37 heavy (non-hydrogen) atoms. The zero-order chi connectivity index (χ0) is 25.8. The van der Waals surface area contributed by atoms with Gasteiger partial charge >= 0.3 is 0 Å². The van der Waals surface area contributed by atoms with Crippen LogP contribution in [0.15, 0.2) is 58.0 Å². The SMILES string of the molecule is O=C(Nc1nc2ccc(OCCO)nc2s1)/C(=N/OCc1nccs1)c1ccc(S(=O)(=O)C2CC2)cc1. The minimum absolute atomic E-state index is 0.0499. The summed E-state index contributed by atoms with van der Waals surface area (Å²) in [5.74, 6) is -0.255. The molecular formula is C23H21N5O6S3. The highest BCUT2D eigenvalue weighted by molar-refractivity contribution is 7.92. The minimum atomic E-state index is -3.37. The Labute approximate surface area is 219 Å². The molecule has 0 unspecified atom stereocenters. The maximum absolute atomic E-state index is 13.2. The van der Waals surface area contributed by atoms with E-state index < -0.39 is 15.7 Å². The van der Waals surface area contributed by atoms with Crippen molar-refractivity contribution in [1.82, 2.24) is 15.0 Å². The molecule has 11 nitrogen and oxygen atoms in total. The predicted molar refractivity (Wildman–Crippen MR) is 139 cm³/mol. The van der Waals surface area contributed by atoms with E-state index in [1.54, 1.807) is 23.7 Å². The number of nitrogens with zero attached hydrogens (tertiary/aromatic N) is 4. The van der Waals surface area contributed by atoms with Crippen LogP contribution in [0.4, 0.5) is 5.13 Å². The number of hydrogen-bond donors (Lipinski definition) is 2. The van der Waals surface area contributed by atoms with E-state index in [4.69, 9.17) is 14.7 Å². The van der Waals surface area contributed by atoms with Crippen molar-refractivity contribution >= 4 is 59.6 Å². The van der Waals surface area contributed by atoms with Crippen molar-refractivity contribution < 1.29 is 27.9 Å². The molecule has 0 bridgehead atoms. The van der Waals surface area contributed by atoms with Crippen molar-refractivity contribution in [2.75, 3.05) is 18.5 Å². The summed E-state index contributed by atoms with van der Waals surface area (Å²) in [5, 5.41) is 18.1. The van der Waals surface area contributed by atoms with Gasteiger partial charge in [0.05, 0.1) is 16.8 Å². The predicted octanol–water partition coefficient (Wildman–Crippen LogP) is 3.01. The van der Waals surface area contributed by atoms with Crippen molar-refractivity contribution in [1.29, 1.82) is 0 Å². The van der Waals surface area contributed by atoms with Crippen LogP contribution in [0, 0.1) is 0 Å². The van der Waals surface area contributed by atoms with Crippen molar-refractivity contribution in [3.63, 3.8) is 0 Å². The van der Waals surface area contributed by atoms with Gasteiger partial charge in [-0.2, -0.15) is 0 Å². The highest BCUT2D eigenvalue weighted by Crippen LogP contribution is 2.33. The Balaban J connectivity index is 1.38. The minimum Gasteiger partial charge on any atom is -0.475 e. The van der Waals surface area contributed by atoms with E-state index in [2.05, 4.69) is 25.4 Å². The first-order chi connectivity index (χ1) is 17.9. The van der Waals surface area contributed by atoms with Crippen molar-refractivity contribution in [3.05, 3.63) is 58.5 Å². The summed E-state index contributed by atoms with van der Waals surface area (Å²) in [7, 11) is -3.37. The fourth-order valence-electron chi connectivity index (χ4n) is 3.32. The van der Waals surface area contributed by atoms with Gasteiger partial charge in [-0.05, 0) is 31.0 Å². The molecule has 0 saturated heterocycles. The highest BCUT2D eigenvalue weighted by atomic mass is 32.2. The summed E-state index contributed by atoms with van der Waals surface area (Å²) in [5.41, 5.74) is 0.890. The van der Waals surface area contributed by atoms with Gasteiger partial charge in [-0.15, -0.1) is 11.3 Å². The highest BCUT2D eigenvalue weighted by Gasteiger charge is 2.36. The van der Waals surface area contributed by atoms with Gasteiger partial charge in [0.1, 0.15) is 22.0 Å². The number of oxime groups is 1. The lowest BCUT2D eigenvalue weighted by molar-refractivity contribution is -0.110. The smallest absolute Gasteiger partial charge is 0.280 e. The average Bonchev–Trinajstić information content (AvgIpc) is 3.50. The van der Waals surface area contributed by atoms with Crippen LogP contribution >= 0.6 is 22.7 Å². The Morgan fingerprint density at radius 3 is 2.68 bits per heavy atom. The number of aliphatic hydroxyl groups excluding tert-OH is 1. The van der Waals surface area contributed by atoms with Gasteiger partial charge in [-0.3, -0.25) is 10.1 Å². The number of pyridine rings is 1. The summed E-state index contributed by atoms with van der Waals surface area (Å²) < 4.78 is 30.4. The quantitative estimate of drug-likeness (QED) is 0.209. The lowest BCUT2D eigenvalue weighted by Crippen LogP contribution is -2.24. The second-order valence-electron chi connectivity index (χ2n) is 7.93. The molecule has 3 heterocycles. The molecular weight excluding hydrogens is 538 g/mol. The van der Waals surface area contributed by atoms with E-state index >= 15 is 0 Å². The molecule has 0 spiro atoms. The largest absolute Gasteiger partial charge is 0.475 e. The molecule has 14 heteroatoms. The van der Waals surface area contributed by atoms with E-state index in [1.165, 1.54) is 35.6 Å². The number of hydrogen-bond acceptors (Lipinski definition) is 12. The van der Waals surface area contributed by atoms with Crippen LogP contribution in [0.5, 0.6) is 5.88 Å². The number of anilines is 1. The first-order valence-electron chi connectivity index (χ1n) is 11.2. The van der Waals surface area contributed by atoms with Crippen LogP contribution in [0.25, 0.3) is 10.3 Å². The molecule has 1 aromatic carbocycles. The third kappa shape index (κ3) is 5.93. The van der Waals surface area contributed by atoms with Gasteiger partial charge in [-0.1, -0.05) is 28.6 Å². The summed E-state index contributed by atoms with van der Waals surface area (Å²) in [6, 6.07) is 9.34. The van der Waals surface area contributed by atoms with Crippen molar-refractivity contribution in [2.45, 2.75) is 29.6 Å². The van der Waals surface area contributed by atoms with Crippen LogP contribution in [0.3, 0.4) is 0 Å². The van der Waals surface area contributed by atoms with Crippen LogP contribution in [0.1, 0.15) is 23.4 Å². The third-order valence-electron chi connectivity index (χ3n) is 5.25. The fraction of sp³-hybridized carbons (Fsp3) is 0.261. The number of ether oxygens (including phenoxy) is 1. The zero-order valence-electron chi connectivity index (χ0n) is 19.2. The van der Waals surface area contributed by atoms with Gasteiger partial charge in [0.15, 0.2) is 27.3 Å². The van der Waals surface area contributed by atoms with Crippen LogP contribution in [-0.4, -0.2) is 58.6 Å². The molecule has 1 fully saturated rings. The molecule has 1 aliphatic carbocycles. The Morgan fingerprint density at radius 2 is 1.97 bits per heavy atom. The Morgan fingerprint density at radius 1 is 1.16 bits per heavy atom. The number of amides is 1. The van der Waals surface area contributed by atoms with Gasteiger partial charge in [0, 0.05) is 23.2 Å². The van der Waals surface area contributed by atoms with Gasteiger partial charge in [-0.25, -0.2) is 23.4 Å². The molecule has 3 aromatic heterocycles. The molecule has 0 atom stereocenters. The molecule has 0 radical (unpaired) electrons. The number of carbonyl (C=O) groups is 1. The third-order valence-corrected chi connectivity index (χ3v) is 9.17. The van der Waals surface area contributed by atoms with Crippen LogP contribution in [-0.2, 0) is 26.1 Å². The van der Waals surface area contributed by atoms with Gasteiger partial charge in [0.2, 0.25) is 5.88 Å². The van der Waals surface area contributed by atoms with E-state index in [9.17, 15) is 13.2 Å². The monoisotopic (exact) mass is 559 g/mol. The van der Waals surface area contributed by atoms with E-state index in [0.29, 0.717) is 39.6 Å². The normalized spacial score (nSPS) is 14.0. The lowest BCUT2D eigenvalue weighted by atomic mass is 10.1. The Bertz CT molecular complexity index is 1530. The number of benzene rings is 1. The number of carbonyl (C=O) groups excluding carboxylic acids is 1. The summed E-state index contributed by atoms with van der Waals surface area (Å²) >= 11 is 2.53. The number of nitrogens with one attached hydrogen (secondary N) is 1. The van der Waals surface area contributed by atoms with Gasteiger partial charge in [0.25, 0.3) is 5.91 Å². The second-order valence-corrected chi connectivity index (χ2v) is 12.1. The lowest BCUT2D eigenvalue weighted by Gasteiger charge is -2.08. The standard InChI is InChI=1S/C23H21N5O6S3/c29-10-11-33-18-8-7-17-22(26-18)36-23(25-17)27-21(30)20(28-34-13-19-24-9-12-35-19)14-1-3-15(4-2-14)37(31,32)16-5-6-16/h1-4,7-9,12,16,29H,5-6,10-11,13H2,(H,25,27,30)/b28-20+. The van der Waals surface area contributed by atoms with Crippen LogP contribution in [0.2, 0.25) is 0 Å². The van der Waals surface area contributed by atoms with E-state index in [0.717, 1.165) is 11.3 Å². The summed E-state index contributed by atoms with van der Waals surface area (Å²) in [4.78, 5) is 32.2. The molecule has 5 rings (SSSR count). The maximum atomic E-state index is 13.2. The number of rotatable bonds is 11. The summed E-state index contributed by atoms with van der Waals surface area (Å²) in [6.45, 7) is 0.0522. The van der Waals surface area contributed by atoms with Gasteiger partial charge < -0.3 is 14.7 Å². The first-order valence-corrected chi connectivity index (χ1v) is 14.4. The molecule has 192 valence electrons. The molecule has 1 saturated carbocycles. The Kier molecular flexibility index (Phi) is 7.41. The molecule has 1 amide bonds. The molecule has 0 aliphatic heterocycles. The zero-order valence-corrected chi connectivity index (χ0v) is 21.7. The second kappa shape index (κ2) is 10.9. The number of fused-ring (bicyclic) bond motifs is 1. The molecule has 1 aliphatic rings. The van der Waals surface area contributed by atoms with Crippen molar-refractivity contribution in [3.8, 4) is 5.88 Å². The topological polar surface area (TPSA) is 153 Å². The fourth-order valence-corrected chi connectivity index (χ4v) is 6.32. The Hall–Kier alpha value is -3.46. The number of aromatic nitrogens is 3. The van der Waals surface area contributed by atoms with E-state index in [1.807, 2.05) is 0 Å². The number of thiazole rings is 2. The van der Waals surface area contributed by atoms with Crippen molar-refractivity contribution in [2.24, 2.45) is 5.16 Å². The molecule has 4 aromatic rings. The average molecular weight is 560 g/mol. The van der Waals surface area contributed by atoms with E-state index in [-0.39, 0.29) is 40.8 Å². The molecule has 2 N–H and O–H groups in total.